The molecule has 1 aromatic carbocycles. The van der Waals surface area contributed by atoms with Crippen molar-refractivity contribution < 1.29 is 9.26 Å². The summed E-state index contributed by atoms with van der Waals surface area (Å²) in [7, 11) is 0. The van der Waals surface area contributed by atoms with E-state index in [1.54, 1.807) is 6.92 Å². The van der Waals surface area contributed by atoms with Crippen LogP contribution in [0, 0.1) is 6.92 Å². The third kappa shape index (κ3) is 2.29. The molecule has 0 saturated carbocycles. The first-order chi connectivity index (χ1) is 8.83. The van der Waals surface area contributed by atoms with Gasteiger partial charge in [-0.25, -0.2) is 0 Å². The van der Waals surface area contributed by atoms with Crippen molar-refractivity contribution >= 4 is 0 Å². The molecule has 4 heteroatoms. The Morgan fingerprint density at radius 2 is 2.00 bits per heavy atom. The maximum absolute atomic E-state index is 5.76. The zero-order chi connectivity index (χ0) is 12.4. The molecule has 2 aromatic rings. The molecule has 18 heavy (non-hydrogen) atoms. The Kier molecular flexibility index (Phi) is 3.11. The molecule has 1 saturated heterocycles. The maximum Gasteiger partial charge on any atom is 0.223 e. The lowest BCUT2D eigenvalue weighted by atomic mass is 10.0. The highest BCUT2D eigenvalue weighted by molar-refractivity contribution is 5.54. The maximum atomic E-state index is 5.76. The predicted molar refractivity (Wildman–Crippen MR) is 67.0 cm³/mol. The van der Waals surface area contributed by atoms with Crippen LogP contribution in [0.4, 0.5) is 0 Å². The third-order valence-electron chi connectivity index (χ3n) is 3.25. The average molecular weight is 244 g/mol. The minimum atomic E-state index is 0.250. The van der Waals surface area contributed by atoms with Crippen molar-refractivity contribution in [3.63, 3.8) is 0 Å². The fraction of sp³-hybridized carbons (Fsp3) is 0.429. The SMILES string of the molecule is Cc1nc(-c2ccc([C@H]3CCCCO3)cc2)no1. The molecule has 94 valence electrons. The van der Waals surface area contributed by atoms with Gasteiger partial charge >= 0.3 is 0 Å². The van der Waals surface area contributed by atoms with Crippen LogP contribution >= 0.6 is 0 Å². The summed E-state index contributed by atoms with van der Waals surface area (Å²) in [6.45, 7) is 2.66. The molecule has 4 nitrogen and oxygen atoms in total. The predicted octanol–water partition coefficient (Wildman–Crippen LogP) is 3.29. The fourth-order valence-corrected chi connectivity index (χ4v) is 2.27. The van der Waals surface area contributed by atoms with Crippen LogP contribution in [0.25, 0.3) is 11.4 Å². The van der Waals surface area contributed by atoms with Gasteiger partial charge in [-0.15, -0.1) is 0 Å². The van der Waals surface area contributed by atoms with Crippen molar-refractivity contribution in [2.45, 2.75) is 32.3 Å². The first-order valence-electron chi connectivity index (χ1n) is 6.35. The van der Waals surface area contributed by atoms with Crippen molar-refractivity contribution in [1.29, 1.82) is 0 Å². The Hall–Kier alpha value is -1.68. The van der Waals surface area contributed by atoms with E-state index in [1.807, 2.05) is 12.1 Å². The van der Waals surface area contributed by atoms with Crippen LogP contribution in [0.1, 0.15) is 36.8 Å². The molecule has 0 bridgehead atoms. The van der Waals surface area contributed by atoms with Crippen LogP contribution in [0.5, 0.6) is 0 Å². The van der Waals surface area contributed by atoms with Crippen LogP contribution in [-0.2, 0) is 4.74 Å². The van der Waals surface area contributed by atoms with Gasteiger partial charge in [-0.2, -0.15) is 4.98 Å². The third-order valence-corrected chi connectivity index (χ3v) is 3.25. The number of hydrogen-bond acceptors (Lipinski definition) is 4. The number of ether oxygens (including phenoxy) is 1. The average Bonchev–Trinajstić information content (AvgIpc) is 2.87. The van der Waals surface area contributed by atoms with E-state index in [4.69, 9.17) is 9.26 Å². The second-order valence-electron chi connectivity index (χ2n) is 4.61. The largest absolute Gasteiger partial charge is 0.374 e. The zero-order valence-corrected chi connectivity index (χ0v) is 10.4. The molecule has 2 heterocycles. The van der Waals surface area contributed by atoms with Crippen LogP contribution in [0.2, 0.25) is 0 Å². The molecule has 0 unspecified atom stereocenters. The molecule has 0 radical (unpaired) electrons. The quantitative estimate of drug-likeness (QED) is 0.813. The minimum absolute atomic E-state index is 0.250. The number of aromatic nitrogens is 2. The first-order valence-corrected chi connectivity index (χ1v) is 6.35. The lowest BCUT2D eigenvalue weighted by Gasteiger charge is -2.22. The van der Waals surface area contributed by atoms with Crippen molar-refractivity contribution in [3.8, 4) is 11.4 Å². The smallest absolute Gasteiger partial charge is 0.223 e. The standard InChI is InChI=1S/C14H16N2O2/c1-10-15-14(16-18-10)12-7-5-11(6-8-12)13-4-2-3-9-17-13/h5-8,13H,2-4,9H2,1H3/t13-/m1/s1. The molecule has 1 atom stereocenters. The van der Waals surface area contributed by atoms with E-state index in [2.05, 4.69) is 22.3 Å². The van der Waals surface area contributed by atoms with E-state index in [1.165, 1.54) is 18.4 Å². The topological polar surface area (TPSA) is 48.2 Å². The Morgan fingerprint density at radius 3 is 2.61 bits per heavy atom. The normalized spacial score (nSPS) is 19.9. The van der Waals surface area contributed by atoms with Gasteiger partial charge in [0.15, 0.2) is 0 Å². The van der Waals surface area contributed by atoms with Gasteiger partial charge in [-0.3, -0.25) is 0 Å². The highest BCUT2D eigenvalue weighted by Crippen LogP contribution is 2.28. The highest BCUT2D eigenvalue weighted by Gasteiger charge is 2.16. The van der Waals surface area contributed by atoms with E-state index in [-0.39, 0.29) is 6.10 Å². The Morgan fingerprint density at radius 1 is 1.17 bits per heavy atom. The Labute approximate surface area is 106 Å². The molecule has 0 N–H and O–H groups in total. The molecule has 1 aliphatic heterocycles. The number of nitrogens with zero attached hydrogens (tertiary/aromatic N) is 2. The molecule has 0 amide bonds. The molecular formula is C14H16N2O2. The zero-order valence-electron chi connectivity index (χ0n) is 10.4. The van der Waals surface area contributed by atoms with Gasteiger partial charge in [0.25, 0.3) is 0 Å². The molecular weight excluding hydrogens is 228 g/mol. The van der Waals surface area contributed by atoms with Crippen LogP contribution in [0.15, 0.2) is 28.8 Å². The van der Waals surface area contributed by atoms with Crippen LogP contribution in [0.3, 0.4) is 0 Å². The summed E-state index contributed by atoms with van der Waals surface area (Å²) in [5, 5.41) is 3.91. The van der Waals surface area contributed by atoms with Gasteiger partial charge < -0.3 is 9.26 Å². The van der Waals surface area contributed by atoms with Crippen molar-refractivity contribution in [2.75, 3.05) is 6.61 Å². The van der Waals surface area contributed by atoms with E-state index in [0.717, 1.165) is 18.6 Å². The van der Waals surface area contributed by atoms with E-state index < -0.39 is 0 Å². The van der Waals surface area contributed by atoms with Gasteiger partial charge in [0, 0.05) is 19.1 Å². The number of aryl methyl sites for hydroxylation is 1. The van der Waals surface area contributed by atoms with Crippen molar-refractivity contribution in [2.24, 2.45) is 0 Å². The first kappa shape index (κ1) is 11.4. The van der Waals surface area contributed by atoms with Gasteiger partial charge in [0.1, 0.15) is 0 Å². The Bertz CT molecular complexity index is 513. The minimum Gasteiger partial charge on any atom is -0.374 e. The van der Waals surface area contributed by atoms with Crippen LogP contribution < -0.4 is 0 Å². The molecule has 1 aromatic heterocycles. The molecule has 1 aliphatic rings. The fourth-order valence-electron chi connectivity index (χ4n) is 2.27. The number of hydrogen-bond donors (Lipinski definition) is 0. The summed E-state index contributed by atoms with van der Waals surface area (Å²) in [6, 6.07) is 8.24. The second-order valence-corrected chi connectivity index (χ2v) is 4.61. The molecule has 0 spiro atoms. The van der Waals surface area contributed by atoms with E-state index in [9.17, 15) is 0 Å². The van der Waals surface area contributed by atoms with Gasteiger partial charge in [0.2, 0.25) is 11.7 Å². The van der Waals surface area contributed by atoms with Crippen molar-refractivity contribution in [1.82, 2.24) is 10.1 Å². The van der Waals surface area contributed by atoms with E-state index >= 15 is 0 Å². The highest BCUT2D eigenvalue weighted by atomic mass is 16.5. The summed E-state index contributed by atoms with van der Waals surface area (Å²) < 4.78 is 10.7. The lowest BCUT2D eigenvalue weighted by Crippen LogP contribution is -2.11. The van der Waals surface area contributed by atoms with E-state index in [0.29, 0.717) is 11.7 Å². The van der Waals surface area contributed by atoms with Gasteiger partial charge in [-0.1, -0.05) is 29.4 Å². The monoisotopic (exact) mass is 244 g/mol. The summed E-state index contributed by atoms with van der Waals surface area (Å²) in [6.07, 6.45) is 3.79. The molecule has 1 fully saturated rings. The van der Waals surface area contributed by atoms with Crippen LogP contribution in [-0.4, -0.2) is 16.7 Å². The van der Waals surface area contributed by atoms with Crippen molar-refractivity contribution in [3.05, 3.63) is 35.7 Å². The molecule has 0 aliphatic carbocycles. The van der Waals surface area contributed by atoms with Gasteiger partial charge in [0.05, 0.1) is 6.10 Å². The second kappa shape index (κ2) is 4.90. The number of rotatable bonds is 2. The number of benzene rings is 1. The molecule has 3 rings (SSSR count). The summed E-state index contributed by atoms with van der Waals surface area (Å²) >= 11 is 0. The Balaban J connectivity index is 1.80. The lowest BCUT2D eigenvalue weighted by molar-refractivity contribution is 0.0149. The van der Waals surface area contributed by atoms with Gasteiger partial charge in [-0.05, 0) is 24.8 Å². The summed E-state index contributed by atoms with van der Waals surface area (Å²) in [4.78, 5) is 4.21. The summed E-state index contributed by atoms with van der Waals surface area (Å²) in [5.41, 5.74) is 2.21. The summed E-state index contributed by atoms with van der Waals surface area (Å²) in [5.74, 6) is 1.23.